The number of hydrogen-bond acceptors (Lipinski definition) is 4. The summed E-state index contributed by atoms with van der Waals surface area (Å²) < 4.78 is 0. The van der Waals surface area contributed by atoms with Crippen molar-refractivity contribution in [1.29, 1.82) is 0 Å². The summed E-state index contributed by atoms with van der Waals surface area (Å²) in [5.41, 5.74) is 0.703. The van der Waals surface area contributed by atoms with E-state index in [9.17, 15) is 4.79 Å². The lowest BCUT2D eigenvalue weighted by atomic mass is 9.88. The van der Waals surface area contributed by atoms with Gasteiger partial charge < -0.3 is 10.0 Å². The van der Waals surface area contributed by atoms with Gasteiger partial charge in [-0.3, -0.25) is 0 Å². The molecule has 2 fully saturated rings. The van der Waals surface area contributed by atoms with Crippen LogP contribution in [0.25, 0.3) is 6.08 Å². The van der Waals surface area contributed by atoms with Crippen LogP contribution in [-0.4, -0.2) is 34.6 Å². The Morgan fingerprint density at radius 1 is 1.38 bits per heavy atom. The number of fused-ring (bicyclic) bond motifs is 2. The maximum absolute atomic E-state index is 10.5. The second kappa shape index (κ2) is 5.84. The number of rotatable bonds is 5. The zero-order valence-electron chi connectivity index (χ0n) is 12.3. The molecule has 5 nitrogen and oxygen atoms in total. The van der Waals surface area contributed by atoms with E-state index in [-0.39, 0.29) is 0 Å². The van der Waals surface area contributed by atoms with E-state index in [1.54, 1.807) is 12.4 Å². The van der Waals surface area contributed by atoms with Crippen LogP contribution in [-0.2, 0) is 4.79 Å². The summed E-state index contributed by atoms with van der Waals surface area (Å²) in [5.74, 6) is 2.38. The minimum absolute atomic E-state index is 0.703. The first-order valence-electron chi connectivity index (χ1n) is 7.56. The van der Waals surface area contributed by atoms with E-state index >= 15 is 0 Å². The number of aliphatic carboxylic acids is 1. The zero-order valence-corrected chi connectivity index (χ0v) is 12.3. The van der Waals surface area contributed by atoms with Crippen molar-refractivity contribution in [2.45, 2.75) is 25.7 Å². The smallest absolute Gasteiger partial charge is 0.328 e. The molecule has 2 aliphatic rings. The van der Waals surface area contributed by atoms with E-state index in [1.807, 2.05) is 7.05 Å². The van der Waals surface area contributed by atoms with Crippen LogP contribution in [0, 0.1) is 17.8 Å². The van der Waals surface area contributed by atoms with Gasteiger partial charge in [-0.25, -0.2) is 14.8 Å². The Hall–Kier alpha value is -1.91. The predicted molar refractivity (Wildman–Crippen MR) is 80.9 cm³/mol. The molecule has 0 spiro atoms. The van der Waals surface area contributed by atoms with Gasteiger partial charge in [-0.05, 0) is 43.1 Å². The lowest BCUT2D eigenvalue weighted by molar-refractivity contribution is -0.131. The first-order chi connectivity index (χ1) is 10.1. The number of hydrogen-bond donors (Lipinski definition) is 1. The van der Waals surface area contributed by atoms with Crippen molar-refractivity contribution >= 4 is 18.0 Å². The summed E-state index contributed by atoms with van der Waals surface area (Å²) >= 11 is 0. The summed E-state index contributed by atoms with van der Waals surface area (Å²) in [7, 11) is 2.04. The molecule has 1 aromatic rings. The highest BCUT2D eigenvalue weighted by atomic mass is 16.4. The number of carbonyl (C=O) groups is 1. The van der Waals surface area contributed by atoms with Gasteiger partial charge in [-0.15, -0.1) is 0 Å². The van der Waals surface area contributed by atoms with Crippen molar-refractivity contribution in [2.24, 2.45) is 17.8 Å². The second-order valence-electron chi connectivity index (χ2n) is 6.30. The molecule has 1 N–H and O–H groups in total. The van der Waals surface area contributed by atoms with Crippen LogP contribution in [0.3, 0.4) is 0 Å². The van der Waals surface area contributed by atoms with Crippen molar-refractivity contribution < 1.29 is 9.90 Å². The van der Waals surface area contributed by atoms with Crippen molar-refractivity contribution in [3.8, 4) is 0 Å². The Kier molecular flexibility index (Phi) is 3.90. The number of carboxylic acid groups (broad SMARTS) is 1. The summed E-state index contributed by atoms with van der Waals surface area (Å²) in [6, 6.07) is 0. The Balaban J connectivity index is 1.59. The maximum Gasteiger partial charge on any atom is 0.328 e. The summed E-state index contributed by atoms with van der Waals surface area (Å²) in [6.45, 7) is 1.02. The lowest BCUT2D eigenvalue weighted by Crippen LogP contribution is -2.29. The molecule has 2 aliphatic carbocycles. The van der Waals surface area contributed by atoms with Gasteiger partial charge in [0.25, 0.3) is 0 Å². The molecule has 2 bridgehead atoms. The molecule has 1 heterocycles. The zero-order chi connectivity index (χ0) is 14.8. The molecule has 0 radical (unpaired) electrons. The fourth-order valence-electron chi connectivity index (χ4n) is 3.82. The Morgan fingerprint density at radius 2 is 2.14 bits per heavy atom. The molecule has 3 unspecified atom stereocenters. The van der Waals surface area contributed by atoms with E-state index < -0.39 is 5.97 Å². The van der Waals surface area contributed by atoms with Crippen LogP contribution in [0.15, 0.2) is 18.5 Å². The monoisotopic (exact) mass is 287 g/mol. The number of nitrogens with zero attached hydrogens (tertiary/aromatic N) is 3. The topological polar surface area (TPSA) is 66.3 Å². The van der Waals surface area contributed by atoms with Crippen molar-refractivity contribution in [1.82, 2.24) is 9.97 Å². The summed E-state index contributed by atoms with van der Waals surface area (Å²) in [4.78, 5) is 21.3. The van der Waals surface area contributed by atoms with Crippen LogP contribution in [0.1, 0.15) is 31.2 Å². The molecule has 0 saturated heterocycles. The highest BCUT2D eigenvalue weighted by Gasteiger charge is 2.39. The van der Waals surface area contributed by atoms with Gasteiger partial charge in [-0.1, -0.05) is 6.42 Å². The molecule has 2 saturated carbocycles. The van der Waals surface area contributed by atoms with Gasteiger partial charge in [0.05, 0.1) is 0 Å². The quantitative estimate of drug-likeness (QED) is 0.843. The molecule has 0 aliphatic heterocycles. The predicted octanol–water partition coefficient (Wildman–Crippen LogP) is 2.45. The number of carboxylic acids is 1. The van der Waals surface area contributed by atoms with Crippen LogP contribution in [0.4, 0.5) is 5.95 Å². The normalized spacial score (nSPS) is 27.4. The van der Waals surface area contributed by atoms with Gasteiger partial charge in [0.2, 0.25) is 5.95 Å². The van der Waals surface area contributed by atoms with Gasteiger partial charge in [0.1, 0.15) is 0 Å². The summed E-state index contributed by atoms with van der Waals surface area (Å²) in [5, 5.41) is 8.59. The minimum atomic E-state index is -0.965. The Morgan fingerprint density at radius 3 is 2.71 bits per heavy atom. The number of aromatic nitrogens is 2. The first kappa shape index (κ1) is 14.0. The third kappa shape index (κ3) is 3.23. The van der Waals surface area contributed by atoms with Crippen LogP contribution < -0.4 is 4.90 Å². The van der Waals surface area contributed by atoms with Crippen LogP contribution in [0.2, 0.25) is 0 Å². The highest BCUT2D eigenvalue weighted by molar-refractivity contribution is 5.85. The third-order valence-electron chi connectivity index (χ3n) is 4.81. The molecular weight excluding hydrogens is 266 g/mol. The molecule has 21 heavy (non-hydrogen) atoms. The average molecular weight is 287 g/mol. The maximum atomic E-state index is 10.5. The van der Waals surface area contributed by atoms with Gasteiger partial charge in [0, 0.05) is 37.6 Å². The van der Waals surface area contributed by atoms with Crippen molar-refractivity contribution in [3.63, 3.8) is 0 Å². The van der Waals surface area contributed by atoms with Gasteiger partial charge >= 0.3 is 5.97 Å². The molecule has 3 atom stereocenters. The third-order valence-corrected chi connectivity index (χ3v) is 4.81. The largest absolute Gasteiger partial charge is 0.478 e. The lowest BCUT2D eigenvalue weighted by Gasteiger charge is -2.27. The van der Waals surface area contributed by atoms with E-state index in [4.69, 9.17) is 5.11 Å². The molecule has 0 amide bonds. The molecule has 112 valence electrons. The fourth-order valence-corrected chi connectivity index (χ4v) is 3.82. The molecule has 0 aromatic carbocycles. The number of anilines is 1. The second-order valence-corrected chi connectivity index (χ2v) is 6.30. The van der Waals surface area contributed by atoms with Crippen molar-refractivity contribution in [2.75, 3.05) is 18.5 Å². The van der Waals surface area contributed by atoms with Gasteiger partial charge in [-0.2, -0.15) is 0 Å². The van der Waals surface area contributed by atoms with Crippen LogP contribution in [0.5, 0.6) is 0 Å². The molecule has 5 heteroatoms. The Bertz CT molecular complexity index is 541. The molecule has 3 rings (SSSR count). The molecule has 1 aromatic heterocycles. The van der Waals surface area contributed by atoms with E-state index in [0.717, 1.165) is 30.4 Å². The van der Waals surface area contributed by atoms with Gasteiger partial charge in [0.15, 0.2) is 0 Å². The van der Waals surface area contributed by atoms with E-state index in [0.29, 0.717) is 11.5 Å². The van der Waals surface area contributed by atoms with Crippen molar-refractivity contribution in [3.05, 3.63) is 24.0 Å². The SMILES string of the molecule is CN(CC1CC2CCC1C2)c1ncc(/C=C/C(=O)O)cn1. The summed E-state index contributed by atoms with van der Waals surface area (Å²) in [6.07, 6.45) is 11.5. The highest BCUT2D eigenvalue weighted by Crippen LogP contribution is 2.48. The average Bonchev–Trinajstić information content (AvgIpc) is 3.08. The minimum Gasteiger partial charge on any atom is -0.478 e. The standard InChI is InChI=1S/C16H21N3O2/c1-19(10-14-7-11-2-4-13(14)6-11)16-17-8-12(9-18-16)3-5-15(20)21/h3,5,8-9,11,13-14H,2,4,6-7,10H2,1H3,(H,20,21)/b5-3+. The van der Waals surface area contributed by atoms with E-state index in [1.165, 1.54) is 31.8 Å². The van der Waals surface area contributed by atoms with E-state index in [2.05, 4.69) is 14.9 Å². The van der Waals surface area contributed by atoms with Crippen LogP contribution >= 0.6 is 0 Å². The fraction of sp³-hybridized carbons (Fsp3) is 0.562. The Labute approximate surface area is 124 Å². The first-order valence-corrected chi connectivity index (χ1v) is 7.56. The molecular formula is C16H21N3O2.